The number of benzene rings is 1. The first kappa shape index (κ1) is 25.7. The van der Waals surface area contributed by atoms with Crippen molar-refractivity contribution in [1.82, 2.24) is 20.4 Å². The molecule has 0 bridgehead atoms. The van der Waals surface area contributed by atoms with Crippen molar-refractivity contribution in [3.63, 3.8) is 0 Å². The topological polar surface area (TPSA) is 115 Å². The lowest BCUT2D eigenvalue weighted by Gasteiger charge is -2.17. The molecule has 1 saturated heterocycles. The van der Waals surface area contributed by atoms with E-state index in [1.165, 1.54) is 0 Å². The number of aryl methyl sites for hydroxylation is 2. The van der Waals surface area contributed by atoms with E-state index in [-0.39, 0.29) is 18.8 Å². The number of ether oxygens (including phenoxy) is 2. The third-order valence-corrected chi connectivity index (χ3v) is 6.41. The molecule has 0 aliphatic carbocycles. The van der Waals surface area contributed by atoms with Crippen LogP contribution in [0.5, 0.6) is 5.75 Å². The fourth-order valence-electron chi connectivity index (χ4n) is 4.01. The number of anilines is 1. The molecule has 1 aliphatic heterocycles. The van der Waals surface area contributed by atoms with E-state index in [1.807, 2.05) is 20.8 Å². The summed E-state index contributed by atoms with van der Waals surface area (Å²) in [4.78, 5) is 9.50. The highest BCUT2D eigenvalue weighted by Crippen LogP contribution is 2.39. The lowest BCUT2D eigenvalue weighted by Crippen LogP contribution is -2.29. The second kappa shape index (κ2) is 11.1. The van der Waals surface area contributed by atoms with Gasteiger partial charge in [-0.2, -0.15) is 0 Å². The van der Waals surface area contributed by atoms with Crippen LogP contribution in [0.4, 0.5) is 5.82 Å². The molecule has 0 amide bonds. The van der Waals surface area contributed by atoms with Gasteiger partial charge in [0.25, 0.3) is 0 Å². The Labute approximate surface area is 214 Å². The van der Waals surface area contributed by atoms with Gasteiger partial charge in [-0.15, -0.1) is 0 Å². The predicted octanol–water partition coefficient (Wildman–Crippen LogP) is 4.27. The van der Waals surface area contributed by atoms with Gasteiger partial charge in [-0.1, -0.05) is 28.4 Å². The zero-order valence-electron chi connectivity index (χ0n) is 20.1. The summed E-state index contributed by atoms with van der Waals surface area (Å²) in [5, 5.41) is 21.2. The normalized spacial score (nSPS) is 18.6. The first-order valence-electron chi connectivity index (χ1n) is 11.4. The first-order chi connectivity index (χ1) is 16.8. The summed E-state index contributed by atoms with van der Waals surface area (Å²) >= 11 is 13.4. The van der Waals surface area contributed by atoms with Gasteiger partial charge < -0.3 is 29.7 Å². The van der Waals surface area contributed by atoms with Gasteiger partial charge >= 0.3 is 0 Å². The molecule has 0 spiro atoms. The fraction of sp³-hybridized carbons (Fsp3) is 0.458. The first-order valence-corrected chi connectivity index (χ1v) is 12.2. The smallest absolute Gasteiger partial charge is 0.163 e. The SMILES string of the molecule is CNC[C@@H](O)COc1ccc(Cl)c(-c2nc(N[C@H]3CO[C@H](C)C3)c(Cl)c(-c3c(C)noc3C)n2)c1. The number of aliphatic hydroxyl groups excluding tert-OH is 1. The Hall–Kier alpha value is -2.43. The maximum atomic E-state index is 9.98. The minimum absolute atomic E-state index is 0.0570. The van der Waals surface area contributed by atoms with Crippen LogP contribution in [0.2, 0.25) is 10.0 Å². The van der Waals surface area contributed by atoms with Crippen LogP contribution in [0.25, 0.3) is 22.6 Å². The third kappa shape index (κ3) is 5.87. The molecule has 3 heterocycles. The fourth-order valence-corrected chi connectivity index (χ4v) is 4.45. The predicted molar refractivity (Wildman–Crippen MR) is 135 cm³/mol. The van der Waals surface area contributed by atoms with Crippen molar-refractivity contribution in [3.8, 4) is 28.4 Å². The van der Waals surface area contributed by atoms with Gasteiger partial charge in [0, 0.05) is 12.1 Å². The van der Waals surface area contributed by atoms with Gasteiger partial charge in [0.15, 0.2) is 5.82 Å². The molecule has 0 saturated carbocycles. The van der Waals surface area contributed by atoms with E-state index in [0.29, 0.717) is 68.9 Å². The van der Waals surface area contributed by atoms with Crippen molar-refractivity contribution in [2.45, 2.75) is 45.4 Å². The molecule has 2 aromatic heterocycles. The van der Waals surface area contributed by atoms with Crippen molar-refractivity contribution in [2.75, 3.05) is 32.1 Å². The Bertz CT molecular complexity index is 1170. The van der Waals surface area contributed by atoms with E-state index < -0.39 is 6.10 Å². The molecule has 4 rings (SSSR count). The monoisotopic (exact) mass is 521 g/mol. The van der Waals surface area contributed by atoms with Crippen LogP contribution < -0.4 is 15.4 Å². The van der Waals surface area contributed by atoms with Crippen molar-refractivity contribution >= 4 is 29.0 Å². The van der Waals surface area contributed by atoms with Gasteiger partial charge in [-0.3, -0.25) is 0 Å². The molecule has 188 valence electrons. The molecule has 1 fully saturated rings. The number of hydrogen-bond acceptors (Lipinski definition) is 9. The molecule has 1 aliphatic rings. The summed E-state index contributed by atoms with van der Waals surface area (Å²) in [6, 6.07) is 5.25. The van der Waals surface area contributed by atoms with E-state index >= 15 is 0 Å². The molecule has 0 radical (unpaired) electrons. The Morgan fingerprint density at radius 3 is 2.71 bits per heavy atom. The highest BCUT2D eigenvalue weighted by Gasteiger charge is 2.27. The zero-order valence-corrected chi connectivity index (χ0v) is 21.6. The number of nitrogens with one attached hydrogen (secondary N) is 2. The van der Waals surface area contributed by atoms with Crippen LogP contribution in [0.15, 0.2) is 22.7 Å². The van der Waals surface area contributed by atoms with Gasteiger partial charge in [0.1, 0.15) is 40.8 Å². The lowest BCUT2D eigenvalue weighted by atomic mass is 10.1. The summed E-state index contributed by atoms with van der Waals surface area (Å²) in [6.45, 7) is 6.77. The quantitative estimate of drug-likeness (QED) is 0.379. The van der Waals surface area contributed by atoms with E-state index in [0.717, 1.165) is 6.42 Å². The molecule has 3 atom stereocenters. The Morgan fingerprint density at radius 2 is 2.06 bits per heavy atom. The summed E-state index contributed by atoms with van der Waals surface area (Å²) in [7, 11) is 1.77. The molecular weight excluding hydrogens is 493 g/mol. The second-order valence-electron chi connectivity index (χ2n) is 8.64. The molecular formula is C24H29Cl2N5O4. The van der Waals surface area contributed by atoms with E-state index in [9.17, 15) is 5.11 Å². The second-order valence-corrected chi connectivity index (χ2v) is 9.43. The van der Waals surface area contributed by atoms with Gasteiger partial charge in [0.05, 0.1) is 35.0 Å². The van der Waals surface area contributed by atoms with Crippen LogP contribution in [-0.2, 0) is 4.74 Å². The summed E-state index contributed by atoms with van der Waals surface area (Å²) in [6.07, 6.45) is 0.329. The minimum atomic E-state index is -0.649. The minimum Gasteiger partial charge on any atom is -0.491 e. The van der Waals surface area contributed by atoms with E-state index in [1.54, 1.807) is 25.2 Å². The van der Waals surface area contributed by atoms with Gasteiger partial charge in [-0.05, 0) is 52.4 Å². The van der Waals surface area contributed by atoms with Gasteiger partial charge in [-0.25, -0.2) is 9.97 Å². The van der Waals surface area contributed by atoms with Crippen LogP contribution >= 0.6 is 23.2 Å². The highest BCUT2D eigenvalue weighted by molar-refractivity contribution is 6.35. The van der Waals surface area contributed by atoms with Crippen molar-refractivity contribution in [2.24, 2.45) is 0 Å². The van der Waals surface area contributed by atoms with Crippen LogP contribution in [0.3, 0.4) is 0 Å². The number of halogens is 2. The Kier molecular flexibility index (Phi) is 8.13. The number of aromatic nitrogens is 3. The number of nitrogens with zero attached hydrogens (tertiary/aromatic N) is 3. The van der Waals surface area contributed by atoms with Crippen LogP contribution in [-0.4, -0.2) is 65.3 Å². The molecule has 3 N–H and O–H groups in total. The maximum Gasteiger partial charge on any atom is 0.163 e. The van der Waals surface area contributed by atoms with Gasteiger partial charge in [0.2, 0.25) is 0 Å². The summed E-state index contributed by atoms with van der Waals surface area (Å²) < 4.78 is 16.8. The standard InChI is InChI=1S/C24H29Cl2N5O4/c1-12-7-15(10-33-12)28-24-21(26)22(20-13(2)31-35-14(20)3)29-23(30-24)18-8-17(5-6-19(18)25)34-11-16(32)9-27-4/h5-6,8,12,15-16,27,32H,7,9-11H2,1-4H3,(H,28,29,30)/t12-,15-,16-/m1/s1. The Morgan fingerprint density at radius 1 is 1.26 bits per heavy atom. The number of likely N-dealkylation sites (N-methyl/N-ethyl adjacent to an activating group) is 1. The number of rotatable bonds is 9. The average molecular weight is 522 g/mol. The van der Waals surface area contributed by atoms with Crippen molar-refractivity contribution in [3.05, 3.63) is 39.7 Å². The largest absolute Gasteiger partial charge is 0.491 e. The number of hydrogen-bond donors (Lipinski definition) is 3. The summed E-state index contributed by atoms with van der Waals surface area (Å²) in [5.74, 6) is 1.97. The molecule has 3 aromatic rings. The molecule has 9 nitrogen and oxygen atoms in total. The van der Waals surface area contributed by atoms with E-state index in [2.05, 4.69) is 15.8 Å². The van der Waals surface area contributed by atoms with Crippen LogP contribution in [0, 0.1) is 13.8 Å². The van der Waals surface area contributed by atoms with Crippen molar-refractivity contribution in [1.29, 1.82) is 0 Å². The Balaban J connectivity index is 1.76. The summed E-state index contributed by atoms with van der Waals surface area (Å²) in [5.41, 5.74) is 2.43. The number of aliphatic hydroxyl groups is 1. The molecule has 1 aromatic carbocycles. The van der Waals surface area contributed by atoms with Crippen LogP contribution in [0.1, 0.15) is 24.8 Å². The molecule has 35 heavy (non-hydrogen) atoms. The molecule has 11 heteroatoms. The molecule has 0 unspecified atom stereocenters. The van der Waals surface area contributed by atoms with E-state index in [4.69, 9.17) is 47.2 Å². The average Bonchev–Trinajstić information content (AvgIpc) is 3.39. The third-order valence-electron chi connectivity index (χ3n) is 5.72. The highest BCUT2D eigenvalue weighted by atomic mass is 35.5. The lowest BCUT2D eigenvalue weighted by molar-refractivity contribution is 0.108. The van der Waals surface area contributed by atoms with Crippen molar-refractivity contribution < 1.29 is 19.1 Å². The zero-order chi connectivity index (χ0) is 25.1. The maximum absolute atomic E-state index is 9.98.